The van der Waals surface area contributed by atoms with E-state index in [9.17, 15) is 9.59 Å². The molecule has 0 unspecified atom stereocenters. The normalized spacial score (nSPS) is 13.7. The average molecular weight is 364 g/mol. The molecule has 0 atom stereocenters. The molecule has 0 bridgehead atoms. The van der Waals surface area contributed by atoms with Gasteiger partial charge in [0, 0.05) is 19.6 Å². The van der Waals surface area contributed by atoms with Gasteiger partial charge in [-0.1, -0.05) is 42.0 Å². The van der Waals surface area contributed by atoms with Crippen molar-refractivity contribution in [3.63, 3.8) is 0 Å². The van der Waals surface area contributed by atoms with Gasteiger partial charge >= 0.3 is 0 Å². The van der Waals surface area contributed by atoms with Crippen LogP contribution in [0.5, 0.6) is 0 Å². The van der Waals surface area contributed by atoms with Crippen molar-refractivity contribution in [2.45, 2.75) is 20.4 Å². The van der Waals surface area contributed by atoms with Crippen LogP contribution in [0, 0.1) is 6.92 Å². The van der Waals surface area contributed by atoms with Crippen LogP contribution in [-0.4, -0.2) is 42.3 Å². The van der Waals surface area contributed by atoms with Crippen molar-refractivity contribution >= 4 is 17.8 Å². The second-order valence-corrected chi connectivity index (χ2v) is 6.42. The van der Waals surface area contributed by atoms with Gasteiger partial charge in [-0.2, -0.15) is 0 Å². The van der Waals surface area contributed by atoms with Gasteiger partial charge in [0.05, 0.1) is 17.7 Å². The molecule has 1 aliphatic rings. The summed E-state index contributed by atoms with van der Waals surface area (Å²) in [7, 11) is 0. The third-order valence-electron chi connectivity index (χ3n) is 4.35. The Balaban J connectivity index is 1.58. The van der Waals surface area contributed by atoms with Crippen molar-refractivity contribution in [3.8, 4) is 0 Å². The van der Waals surface area contributed by atoms with Crippen molar-refractivity contribution in [1.29, 1.82) is 0 Å². The molecule has 2 aromatic rings. The van der Waals surface area contributed by atoms with Crippen LogP contribution >= 0.6 is 0 Å². The molecule has 0 aromatic heterocycles. The Morgan fingerprint density at radius 3 is 2.33 bits per heavy atom. The average Bonchev–Trinajstić information content (AvgIpc) is 2.91. The molecule has 3 rings (SSSR count). The van der Waals surface area contributed by atoms with Gasteiger partial charge in [0.25, 0.3) is 11.8 Å². The SMILES string of the molecule is CCNC(=NCc1cccc(C)c1)NCCN1C(=O)c2ccccc2C1=O. The minimum absolute atomic E-state index is 0.237. The van der Waals surface area contributed by atoms with Gasteiger partial charge in [0.1, 0.15) is 0 Å². The monoisotopic (exact) mass is 364 g/mol. The maximum atomic E-state index is 12.4. The summed E-state index contributed by atoms with van der Waals surface area (Å²) in [6.45, 7) is 6.07. The molecular formula is C21H24N4O2. The molecular weight excluding hydrogens is 340 g/mol. The first-order chi connectivity index (χ1) is 13.1. The van der Waals surface area contributed by atoms with Crippen LogP contribution < -0.4 is 10.6 Å². The van der Waals surface area contributed by atoms with Crippen molar-refractivity contribution in [2.75, 3.05) is 19.6 Å². The third kappa shape index (κ3) is 4.34. The van der Waals surface area contributed by atoms with E-state index < -0.39 is 0 Å². The first-order valence-electron chi connectivity index (χ1n) is 9.13. The largest absolute Gasteiger partial charge is 0.357 e. The minimum Gasteiger partial charge on any atom is -0.357 e. The molecule has 2 amide bonds. The van der Waals surface area contributed by atoms with Crippen molar-refractivity contribution < 1.29 is 9.59 Å². The molecule has 2 N–H and O–H groups in total. The Kier molecular flexibility index (Phi) is 5.86. The topological polar surface area (TPSA) is 73.8 Å². The van der Waals surface area contributed by atoms with Crippen molar-refractivity contribution in [2.24, 2.45) is 4.99 Å². The minimum atomic E-state index is -0.237. The first kappa shape index (κ1) is 18.6. The van der Waals surface area contributed by atoms with Gasteiger partial charge in [-0.3, -0.25) is 14.5 Å². The highest BCUT2D eigenvalue weighted by molar-refractivity contribution is 6.21. The number of carbonyl (C=O) groups excluding carboxylic acids is 2. The number of nitrogens with one attached hydrogen (secondary N) is 2. The van der Waals surface area contributed by atoms with Gasteiger partial charge in [-0.15, -0.1) is 0 Å². The molecule has 0 radical (unpaired) electrons. The summed E-state index contributed by atoms with van der Waals surface area (Å²) < 4.78 is 0. The Morgan fingerprint density at radius 2 is 1.70 bits per heavy atom. The fourth-order valence-electron chi connectivity index (χ4n) is 3.05. The number of imide groups is 1. The Bertz CT molecular complexity index is 841. The zero-order chi connectivity index (χ0) is 19.2. The van der Waals surface area contributed by atoms with E-state index in [1.807, 2.05) is 19.1 Å². The number of aliphatic imine (C=N–C) groups is 1. The fourth-order valence-corrected chi connectivity index (χ4v) is 3.05. The van der Waals surface area contributed by atoms with E-state index >= 15 is 0 Å². The maximum absolute atomic E-state index is 12.4. The lowest BCUT2D eigenvalue weighted by Crippen LogP contribution is -2.43. The number of hydrogen-bond acceptors (Lipinski definition) is 3. The molecule has 1 aliphatic heterocycles. The number of nitrogens with zero attached hydrogens (tertiary/aromatic N) is 2. The second kappa shape index (κ2) is 8.49. The second-order valence-electron chi connectivity index (χ2n) is 6.42. The van der Waals surface area contributed by atoms with Crippen LogP contribution in [0.2, 0.25) is 0 Å². The molecule has 140 valence electrons. The smallest absolute Gasteiger partial charge is 0.261 e. The predicted octanol–water partition coefficient (Wildman–Crippen LogP) is 2.35. The number of rotatable bonds is 6. The lowest BCUT2D eigenvalue weighted by molar-refractivity contribution is 0.0657. The van der Waals surface area contributed by atoms with E-state index in [0.29, 0.717) is 36.7 Å². The molecule has 1 heterocycles. The lowest BCUT2D eigenvalue weighted by atomic mass is 10.1. The Morgan fingerprint density at radius 1 is 1.00 bits per heavy atom. The third-order valence-corrected chi connectivity index (χ3v) is 4.35. The van der Waals surface area contributed by atoms with Gasteiger partial charge in [0.2, 0.25) is 0 Å². The molecule has 0 spiro atoms. The van der Waals surface area contributed by atoms with E-state index in [2.05, 4.69) is 34.7 Å². The van der Waals surface area contributed by atoms with Crippen LogP contribution in [0.1, 0.15) is 38.8 Å². The van der Waals surface area contributed by atoms with E-state index in [4.69, 9.17) is 0 Å². The summed E-state index contributed by atoms with van der Waals surface area (Å²) in [6, 6.07) is 15.1. The summed E-state index contributed by atoms with van der Waals surface area (Å²) in [6.07, 6.45) is 0. The number of amides is 2. The number of carbonyl (C=O) groups is 2. The number of fused-ring (bicyclic) bond motifs is 1. The van der Waals surface area contributed by atoms with Crippen molar-refractivity contribution in [3.05, 3.63) is 70.8 Å². The molecule has 0 aliphatic carbocycles. The van der Waals surface area contributed by atoms with Gasteiger partial charge in [0.15, 0.2) is 5.96 Å². The lowest BCUT2D eigenvalue weighted by Gasteiger charge is -2.16. The predicted molar refractivity (Wildman–Crippen MR) is 106 cm³/mol. The number of aryl methyl sites for hydroxylation is 1. The molecule has 0 saturated carbocycles. The molecule has 0 saturated heterocycles. The summed E-state index contributed by atoms with van der Waals surface area (Å²) in [5, 5.41) is 6.38. The van der Waals surface area contributed by atoms with Crippen LogP contribution in [0.15, 0.2) is 53.5 Å². The summed E-state index contributed by atoms with van der Waals surface area (Å²) in [5.41, 5.74) is 3.28. The number of guanidine groups is 1. The first-order valence-corrected chi connectivity index (χ1v) is 9.13. The highest BCUT2D eigenvalue weighted by Gasteiger charge is 2.34. The van der Waals surface area contributed by atoms with Crippen LogP contribution in [0.25, 0.3) is 0 Å². The van der Waals surface area contributed by atoms with E-state index in [1.165, 1.54) is 10.5 Å². The van der Waals surface area contributed by atoms with E-state index in [0.717, 1.165) is 12.1 Å². The zero-order valence-corrected chi connectivity index (χ0v) is 15.7. The number of benzene rings is 2. The zero-order valence-electron chi connectivity index (χ0n) is 15.7. The van der Waals surface area contributed by atoms with Crippen LogP contribution in [-0.2, 0) is 6.54 Å². The Labute approximate surface area is 159 Å². The van der Waals surface area contributed by atoms with Crippen LogP contribution in [0.3, 0.4) is 0 Å². The van der Waals surface area contributed by atoms with E-state index in [1.54, 1.807) is 24.3 Å². The fraction of sp³-hybridized carbons (Fsp3) is 0.286. The molecule has 2 aromatic carbocycles. The van der Waals surface area contributed by atoms with Crippen LogP contribution in [0.4, 0.5) is 0 Å². The molecule has 6 heteroatoms. The Hall–Kier alpha value is -3.15. The highest BCUT2D eigenvalue weighted by Crippen LogP contribution is 2.21. The summed E-state index contributed by atoms with van der Waals surface area (Å²) >= 11 is 0. The van der Waals surface area contributed by atoms with Gasteiger partial charge in [-0.25, -0.2) is 4.99 Å². The summed E-state index contributed by atoms with van der Waals surface area (Å²) in [5.74, 6) is 0.189. The molecule has 0 fully saturated rings. The highest BCUT2D eigenvalue weighted by atomic mass is 16.2. The van der Waals surface area contributed by atoms with Gasteiger partial charge < -0.3 is 10.6 Å². The maximum Gasteiger partial charge on any atom is 0.261 e. The number of hydrogen-bond donors (Lipinski definition) is 2. The summed E-state index contributed by atoms with van der Waals surface area (Å²) in [4.78, 5) is 30.6. The quantitative estimate of drug-likeness (QED) is 0.469. The molecule has 6 nitrogen and oxygen atoms in total. The van der Waals surface area contributed by atoms with Gasteiger partial charge in [-0.05, 0) is 31.5 Å². The standard InChI is InChI=1S/C21H24N4O2/c1-3-22-21(24-14-16-8-6-7-15(2)13-16)23-11-12-25-19(26)17-9-4-5-10-18(17)20(25)27/h4-10,13H,3,11-12,14H2,1-2H3,(H2,22,23,24). The van der Waals surface area contributed by atoms with Crippen molar-refractivity contribution in [1.82, 2.24) is 15.5 Å². The molecule has 27 heavy (non-hydrogen) atoms. The van der Waals surface area contributed by atoms with E-state index in [-0.39, 0.29) is 11.8 Å².